The van der Waals surface area contributed by atoms with Crippen LogP contribution in [0.1, 0.15) is 26.2 Å². The van der Waals surface area contributed by atoms with E-state index in [1.165, 1.54) is 4.90 Å². The molecule has 1 aliphatic heterocycles. The van der Waals surface area contributed by atoms with Gasteiger partial charge in [0.15, 0.2) is 0 Å². The number of hydrogen-bond acceptors (Lipinski definition) is 4. The molecule has 2 fully saturated rings. The molecular formula is C15H20N2O4. The predicted molar refractivity (Wildman–Crippen MR) is 73.8 cm³/mol. The van der Waals surface area contributed by atoms with Gasteiger partial charge in [-0.3, -0.25) is 14.5 Å². The summed E-state index contributed by atoms with van der Waals surface area (Å²) in [5.41, 5.74) is 0. The second-order valence-corrected chi connectivity index (χ2v) is 5.93. The highest BCUT2D eigenvalue weighted by Crippen LogP contribution is 2.52. The van der Waals surface area contributed by atoms with Gasteiger partial charge in [-0.1, -0.05) is 25.5 Å². The lowest BCUT2D eigenvalue weighted by molar-refractivity contribution is -0.140. The standard InChI is InChI=1S/C15H20N2O4/c1-2-3-6-21-15(20)16-8-17-13(18)11-9-4-5-10(7-9)12(11)14(17)19/h4-5,9-12H,2-3,6-8H2,1H3,(H,16,20)/t9-,10-,11-,12-/m0/s1. The van der Waals surface area contributed by atoms with E-state index in [1.807, 2.05) is 19.1 Å². The number of amides is 3. The first-order valence-corrected chi connectivity index (χ1v) is 7.57. The summed E-state index contributed by atoms with van der Waals surface area (Å²) in [6, 6.07) is 0. The van der Waals surface area contributed by atoms with Crippen molar-refractivity contribution >= 4 is 17.9 Å². The summed E-state index contributed by atoms with van der Waals surface area (Å²) in [4.78, 5) is 37.3. The number of unbranched alkanes of at least 4 members (excludes halogenated alkanes) is 1. The van der Waals surface area contributed by atoms with Crippen molar-refractivity contribution in [3.05, 3.63) is 12.2 Å². The van der Waals surface area contributed by atoms with Gasteiger partial charge in [-0.2, -0.15) is 0 Å². The Balaban J connectivity index is 1.55. The van der Waals surface area contributed by atoms with Crippen LogP contribution in [-0.2, 0) is 14.3 Å². The normalized spacial score (nSPS) is 32.7. The van der Waals surface area contributed by atoms with Crippen LogP contribution in [0.3, 0.4) is 0 Å². The lowest BCUT2D eigenvalue weighted by Crippen LogP contribution is -2.42. The molecule has 1 saturated carbocycles. The molecule has 4 atom stereocenters. The summed E-state index contributed by atoms with van der Waals surface area (Å²) in [6.07, 6.45) is 6.17. The molecule has 2 aliphatic carbocycles. The number of rotatable bonds is 5. The topological polar surface area (TPSA) is 75.7 Å². The molecule has 0 unspecified atom stereocenters. The van der Waals surface area contributed by atoms with Crippen LogP contribution < -0.4 is 5.32 Å². The van der Waals surface area contributed by atoms with Gasteiger partial charge in [-0.25, -0.2) is 4.79 Å². The Hall–Kier alpha value is -1.85. The zero-order chi connectivity index (χ0) is 15.0. The number of carbonyl (C=O) groups excluding carboxylic acids is 3. The molecule has 0 aromatic carbocycles. The van der Waals surface area contributed by atoms with E-state index in [2.05, 4.69) is 5.32 Å². The van der Waals surface area contributed by atoms with Crippen molar-refractivity contribution in [3.63, 3.8) is 0 Å². The molecule has 0 aromatic rings. The largest absolute Gasteiger partial charge is 0.450 e. The summed E-state index contributed by atoms with van der Waals surface area (Å²) in [5.74, 6) is -0.363. The average molecular weight is 292 g/mol. The number of fused-ring (bicyclic) bond motifs is 5. The third-order valence-electron chi connectivity index (χ3n) is 4.67. The molecule has 3 amide bonds. The number of likely N-dealkylation sites (tertiary alicyclic amines) is 1. The lowest BCUT2D eigenvalue weighted by Gasteiger charge is -2.17. The number of carbonyl (C=O) groups is 3. The summed E-state index contributed by atoms with van der Waals surface area (Å²) < 4.78 is 4.95. The van der Waals surface area contributed by atoms with Crippen LogP contribution in [0.2, 0.25) is 0 Å². The second-order valence-electron chi connectivity index (χ2n) is 5.93. The molecule has 3 rings (SSSR count). The maximum atomic E-state index is 12.3. The number of nitrogens with one attached hydrogen (secondary N) is 1. The fourth-order valence-electron chi connectivity index (χ4n) is 3.62. The Morgan fingerprint density at radius 1 is 1.29 bits per heavy atom. The van der Waals surface area contributed by atoms with Crippen LogP contribution in [0, 0.1) is 23.7 Å². The van der Waals surface area contributed by atoms with Crippen molar-refractivity contribution in [1.29, 1.82) is 0 Å². The lowest BCUT2D eigenvalue weighted by atomic mass is 9.85. The van der Waals surface area contributed by atoms with Gasteiger partial charge in [-0.15, -0.1) is 0 Å². The van der Waals surface area contributed by atoms with E-state index in [0.29, 0.717) is 6.61 Å². The summed E-state index contributed by atoms with van der Waals surface area (Å²) >= 11 is 0. The number of allylic oxidation sites excluding steroid dienone is 2. The Morgan fingerprint density at radius 3 is 2.48 bits per heavy atom. The zero-order valence-electron chi connectivity index (χ0n) is 12.1. The molecule has 6 heteroatoms. The van der Waals surface area contributed by atoms with Gasteiger partial charge in [-0.05, 0) is 24.7 Å². The van der Waals surface area contributed by atoms with Crippen molar-refractivity contribution < 1.29 is 19.1 Å². The molecule has 2 bridgehead atoms. The Morgan fingerprint density at radius 2 is 1.90 bits per heavy atom. The zero-order valence-corrected chi connectivity index (χ0v) is 12.1. The van der Waals surface area contributed by atoms with Gasteiger partial charge in [0.1, 0.15) is 6.67 Å². The highest BCUT2D eigenvalue weighted by molar-refractivity contribution is 6.06. The Bertz CT molecular complexity index is 472. The quantitative estimate of drug-likeness (QED) is 0.470. The monoisotopic (exact) mass is 292 g/mol. The Labute approximate surface area is 123 Å². The number of hydrogen-bond donors (Lipinski definition) is 1. The Kier molecular flexibility index (Phi) is 3.69. The first kappa shape index (κ1) is 14.1. The molecule has 3 aliphatic rings. The van der Waals surface area contributed by atoms with Crippen molar-refractivity contribution in [2.45, 2.75) is 26.2 Å². The van der Waals surface area contributed by atoms with E-state index < -0.39 is 6.09 Å². The maximum absolute atomic E-state index is 12.3. The fourth-order valence-corrected chi connectivity index (χ4v) is 3.62. The van der Waals surface area contributed by atoms with E-state index in [1.54, 1.807) is 0 Å². The van der Waals surface area contributed by atoms with Gasteiger partial charge in [0.05, 0.1) is 18.4 Å². The summed E-state index contributed by atoms with van der Waals surface area (Å²) in [7, 11) is 0. The molecule has 1 saturated heterocycles. The minimum absolute atomic E-state index is 0.0882. The number of alkyl carbamates (subject to hydrolysis) is 1. The van der Waals surface area contributed by atoms with Gasteiger partial charge in [0, 0.05) is 0 Å². The van der Waals surface area contributed by atoms with Gasteiger partial charge in [0.2, 0.25) is 11.8 Å². The summed E-state index contributed by atoms with van der Waals surface area (Å²) in [5, 5.41) is 2.49. The SMILES string of the molecule is CCCCOC(=O)NCN1C(=O)[C@@H]2[C@@H](C1=O)[C@H]1C=C[C@H]2C1. The highest BCUT2D eigenvalue weighted by atomic mass is 16.5. The fraction of sp³-hybridized carbons (Fsp3) is 0.667. The second kappa shape index (κ2) is 5.50. The third kappa shape index (κ3) is 2.32. The van der Waals surface area contributed by atoms with Crippen molar-refractivity contribution in [3.8, 4) is 0 Å². The van der Waals surface area contributed by atoms with Gasteiger partial charge in [0.25, 0.3) is 0 Å². The third-order valence-corrected chi connectivity index (χ3v) is 4.67. The summed E-state index contributed by atoms with van der Waals surface area (Å²) in [6.45, 7) is 2.27. The molecule has 6 nitrogen and oxygen atoms in total. The highest BCUT2D eigenvalue weighted by Gasteiger charge is 2.59. The van der Waals surface area contributed by atoms with Crippen LogP contribution >= 0.6 is 0 Å². The van der Waals surface area contributed by atoms with Crippen LogP contribution in [0.15, 0.2) is 12.2 Å². The molecule has 0 aromatic heterocycles. The van der Waals surface area contributed by atoms with Crippen LogP contribution in [0.4, 0.5) is 4.79 Å². The molecule has 21 heavy (non-hydrogen) atoms. The minimum atomic E-state index is -0.581. The van der Waals surface area contributed by atoms with E-state index in [0.717, 1.165) is 19.3 Å². The smallest absolute Gasteiger partial charge is 0.408 e. The van der Waals surface area contributed by atoms with Crippen LogP contribution in [0.25, 0.3) is 0 Å². The number of imide groups is 1. The van der Waals surface area contributed by atoms with Crippen molar-refractivity contribution in [2.24, 2.45) is 23.7 Å². The molecule has 0 spiro atoms. The molecular weight excluding hydrogens is 272 g/mol. The average Bonchev–Trinajstić information content (AvgIpc) is 3.13. The van der Waals surface area contributed by atoms with Crippen molar-refractivity contribution in [1.82, 2.24) is 10.2 Å². The molecule has 0 radical (unpaired) electrons. The predicted octanol–water partition coefficient (Wildman–Crippen LogP) is 1.28. The van der Waals surface area contributed by atoms with E-state index >= 15 is 0 Å². The van der Waals surface area contributed by atoms with E-state index in [9.17, 15) is 14.4 Å². The number of nitrogens with zero attached hydrogens (tertiary/aromatic N) is 1. The van der Waals surface area contributed by atoms with E-state index in [-0.39, 0.29) is 42.2 Å². The first-order valence-electron chi connectivity index (χ1n) is 7.57. The van der Waals surface area contributed by atoms with E-state index in [4.69, 9.17) is 4.74 Å². The molecule has 1 N–H and O–H groups in total. The van der Waals surface area contributed by atoms with Gasteiger partial charge < -0.3 is 10.1 Å². The van der Waals surface area contributed by atoms with Crippen molar-refractivity contribution in [2.75, 3.05) is 13.3 Å². The van der Waals surface area contributed by atoms with Gasteiger partial charge >= 0.3 is 6.09 Å². The maximum Gasteiger partial charge on any atom is 0.408 e. The molecule has 1 heterocycles. The molecule has 114 valence electrons. The number of ether oxygens (including phenoxy) is 1. The van der Waals surface area contributed by atoms with Crippen LogP contribution in [-0.4, -0.2) is 36.1 Å². The minimum Gasteiger partial charge on any atom is -0.450 e. The first-order chi connectivity index (χ1) is 10.1. The van der Waals surface area contributed by atoms with Crippen LogP contribution in [0.5, 0.6) is 0 Å².